The molecule has 2 rings (SSSR count). The van der Waals surface area contributed by atoms with Crippen LogP contribution in [-0.2, 0) is 22.4 Å². The van der Waals surface area contributed by atoms with Crippen LogP contribution in [-0.4, -0.2) is 20.6 Å². The van der Waals surface area contributed by atoms with Crippen LogP contribution >= 0.6 is 0 Å². The van der Waals surface area contributed by atoms with E-state index in [0.717, 1.165) is 4.31 Å². The zero-order valence-corrected chi connectivity index (χ0v) is 12.3. The van der Waals surface area contributed by atoms with Gasteiger partial charge in [0.2, 0.25) is 10.0 Å². The summed E-state index contributed by atoms with van der Waals surface area (Å²) in [6, 6.07) is 12.3. The maximum Gasteiger partial charge on any atom is 0.239 e. The number of hydrogen-bond acceptors (Lipinski definition) is 3. The monoisotopic (exact) mass is 309 g/mol. The van der Waals surface area contributed by atoms with Gasteiger partial charge in [0.25, 0.3) is 0 Å². The molecular weight excluding hydrogens is 293 g/mol. The smallest absolute Gasteiger partial charge is 0.239 e. The van der Waals surface area contributed by atoms with Gasteiger partial charge in [-0.25, -0.2) is 12.8 Å². The number of hydrogen-bond donors (Lipinski definition) is 1. The van der Waals surface area contributed by atoms with Gasteiger partial charge < -0.3 is 5.11 Å². The number of nitrogens with zero attached hydrogens (tertiary/aromatic N) is 1. The highest BCUT2D eigenvalue weighted by molar-refractivity contribution is 7.92. The van der Waals surface area contributed by atoms with Crippen molar-refractivity contribution < 1.29 is 17.9 Å². The van der Waals surface area contributed by atoms with Crippen LogP contribution in [0.25, 0.3) is 0 Å². The van der Waals surface area contributed by atoms with Crippen molar-refractivity contribution in [3.8, 4) is 0 Å². The van der Waals surface area contributed by atoms with Crippen LogP contribution in [0.2, 0.25) is 0 Å². The first-order chi connectivity index (χ1) is 9.94. The molecule has 0 spiro atoms. The number of sulfonamides is 1. The molecule has 0 aliphatic heterocycles. The maximum absolute atomic E-state index is 13.7. The second kappa shape index (κ2) is 6.24. The largest absolute Gasteiger partial charge is 0.392 e. The molecule has 0 radical (unpaired) electrons. The minimum atomic E-state index is -3.68. The molecule has 2 aromatic rings. The minimum Gasteiger partial charge on any atom is -0.392 e. The molecule has 21 heavy (non-hydrogen) atoms. The van der Waals surface area contributed by atoms with Gasteiger partial charge in [-0.3, -0.25) is 4.31 Å². The van der Waals surface area contributed by atoms with Crippen molar-refractivity contribution in [3.05, 3.63) is 65.5 Å². The number of benzene rings is 2. The van der Waals surface area contributed by atoms with Crippen LogP contribution < -0.4 is 4.31 Å². The summed E-state index contributed by atoms with van der Waals surface area (Å²) in [5, 5.41) is 8.96. The molecule has 0 aromatic heterocycles. The first-order valence-corrected chi connectivity index (χ1v) is 7.95. The number of halogens is 1. The summed E-state index contributed by atoms with van der Waals surface area (Å²) >= 11 is 0. The lowest BCUT2D eigenvalue weighted by atomic mass is 10.2. The van der Waals surface area contributed by atoms with Crippen LogP contribution in [0.4, 0.5) is 10.1 Å². The molecular formula is C15H16FNO3S. The van der Waals surface area contributed by atoms with Crippen LogP contribution in [0.3, 0.4) is 0 Å². The fraction of sp³-hybridized carbons (Fsp3) is 0.200. The second-order valence-corrected chi connectivity index (χ2v) is 6.65. The fourth-order valence-corrected chi connectivity index (χ4v) is 3.16. The van der Waals surface area contributed by atoms with Gasteiger partial charge in [0.15, 0.2) is 0 Å². The van der Waals surface area contributed by atoms with Crippen molar-refractivity contribution in [2.45, 2.75) is 12.4 Å². The molecule has 112 valence electrons. The Hall–Kier alpha value is -1.92. The van der Waals surface area contributed by atoms with E-state index in [1.54, 1.807) is 30.3 Å². The predicted octanol–water partition coefficient (Wildman–Crippen LogP) is 2.28. The molecule has 2 aromatic carbocycles. The lowest BCUT2D eigenvalue weighted by Gasteiger charge is -2.20. The third-order valence-corrected chi connectivity index (χ3v) is 4.89. The van der Waals surface area contributed by atoms with Crippen molar-refractivity contribution in [3.63, 3.8) is 0 Å². The molecule has 0 saturated carbocycles. The first-order valence-electron chi connectivity index (χ1n) is 6.34. The van der Waals surface area contributed by atoms with E-state index in [1.165, 1.54) is 25.2 Å². The fourth-order valence-electron chi connectivity index (χ4n) is 1.91. The number of para-hydroxylation sites is 1. The van der Waals surface area contributed by atoms with Crippen LogP contribution in [0.5, 0.6) is 0 Å². The minimum absolute atomic E-state index is 0.0180. The predicted molar refractivity (Wildman–Crippen MR) is 79.8 cm³/mol. The standard InChI is InChI=1S/C15H16FNO3S/c1-17(15-5-3-2-4-14(15)16)21(19,20)11-13-8-6-12(10-18)7-9-13/h2-9,18H,10-11H2,1H3. The van der Waals surface area contributed by atoms with Crippen LogP contribution in [0.1, 0.15) is 11.1 Å². The molecule has 4 nitrogen and oxygen atoms in total. The molecule has 0 saturated heterocycles. The Kier molecular flexibility index (Phi) is 4.59. The van der Waals surface area contributed by atoms with Gasteiger partial charge >= 0.3 is 0 Å². The Morgan fingerprint density at radius 2 is 1.62 bits per heavy atom. The normalized spacial score (nSPS) is 11.4. The molecule has 0 bridgehead atoms. The van der Waals surface area contributed by atoms with E-state index in [2.05, 4.69) is 0 Å². The summed E-state index contributed by atoms with van der Waals surface area (Å²) in [5.41, 5.74) is 1.30. The van der Waals surface area contributed by atoms with Crippen molar-refractivity contribution in [2.75, 3.05) is 11.4 Å². The van der Waals surface area contributed by atoms with E-state index in [-0.39, 0.29) is 18.0 Å². The van der Waals surface area contributed by atoms with Crippen molar-refractivity contribution in [2.24, 2.45) is 0 Å². The molecule has 0 fully saturated rings. The van der Waals surface area contributed by atoms with Gasteiger partial charge in [-0.2, -0.15) is 0 Å². The Labute approximate surface area is 123 Å². The number of rotatable bonds is 5. The van der Waals surface area contributed by atoms with Crippen molar-refractivity contribution in [1.29, 1.82) is 0 Å². The summed E-state index contributed by atoms with van der Waals surface area (Å²) in [6.45, 7) is -0.0951. The molecule has 0 amide bonds. The van der Waals surface area contributed by atoms with Crippen LogP contribution in [0.15, 0.2) is 48.5 Å². The molecule has 0 aliphatic rings. The number of aliphatic hydroxyl groups is 1. The van der Waals surface area contributed by atoms with E-state index in [9.17, 15) is 12.8 Å². The SMILES string of the molecule is CN(c1ccccc1F)S(=O)(=O)Cc1ccc(CO)cc1. The zero-order chi connectivity index (χ0) is 15.5. The van der Waals surface area contributed by atoms with Crippen molar-refractivity contribution >= 4 is 15.7 Å². The van der Waals surface area contributed by atoms with E-state index in [1.807, 2.05) is 0 Å². The second-order valence-electron chi connectivity index (χ2n) is 4.65. The molecule has 0 aliphatic carbocycles. The van der Waals surface area contributed by atoms with Crippen LogP contribution in [0, 0.1) is 5.82 Å². The van der Waals surface area contributed by atoms with E-state index >= 15 is 0 Å². The van der Waals surface area contributed by atoms with E-state index < -0.39 is 15.8 Å². The average Bonchev–Trinajstić information content (AvgIpc) is 2.47. The topological polar surface area (TPSA) is 57.6 Å². The highest BCUT2D eigenvalue weighted by atomic mass is 32.2. The average molecular weight is 309 g/mol. The van der Waals surface area contributed by atoms with Gasteiger partial charge in [0.1, 0.15) is 5.82 Å². The van der Waals surface area contributed by atoms with Gasteiger partial charge in [0, 0.05) is 7.05 Å². The lowest BCUT2D eigenvalue weighted by Crippen LogP contribution is -2.28. The quantitative estimate of drug-likeness (QED) is 0.922. The Bertz CT molecular complexity index is 714. The Morgan fingerprint density at radius 1 is 1.05 bits per heavy atom. The van der Waals surface area contributed by atoms with E-state index in [4.69, 9.17) is 5.11 Å². The van der Waals surface area contributed by atoms with Gasteiger partial charge in [-0.1, -0.05) is 36.4 Å². The number of anilines is 1. The number of aliphatic hydroxyl groups excluding tert-OH is 1. The molecule has 0 heterocycles. The summed E-state index contributed by atoms with van der Waals surface area (Å²) < 4.78 is 39.3. The van der Waals surface area contributed by atoms with Crippen molar-refractivity contribution in [1.82, 2.24) is 0 Å². The summed E-state index contributed by atoms with van der Waals surface area (Å²) in [4.78, 5) is 0. The molecule has 6 heteroatoms. The molecule has 1 N–H and O–H groups in total. The highest BCUT2D eigenvalue weighted by Gasteiger charge is 2.21. The van der Waals surface area contributed by atoms with Gasteiger partial charge in [0.05, 0.1) is 18.0 Å². The summed E-state index contributed by atoms with van der Waals surface area (Å²) in [7, 11) is -2.35. The van der Waals surface area contributed by atoms with Gasteiger partial charge in [-0.15, -0.1) is 0 Å². The third kappa shape index (κ3) is 3.59. The Balaban J connectivity index is 2.23. The summed E-state index contributed by atoms with van der Waals surface area (Å²) in [6.07, 6.45) is 0. The maximum atomic E-state index is 13.7. The third-order valence-electron chi connectivity index (χ3n) is 3.16. The first kappa shape index (κ1) is 15.5. The zero-order valence-electron chi connectivity index (χ0n) is 11.5. The summed E-state index contributed by atoms with van der Waals surface area (Å²) in [5.74, 6) is -0.817. The lowest BCUT2D eigenvalue weighted by molar-refractivity contribution is 0.282. The highest BCUT2D eigenvalue weighted by Crippen LogP contribution is 2.22. The van der Waals surface area contributed by atoms with Gasteiger partial charge in [-0.05, 0) is 23.3 Å². The molecule has 0 atom stereocenters. The van der Waals surface area contributed by atoms with E-state index in [0.29, 0.717) is 11.1 Å². The Morgan fingerprint density at radius 3 is 2.19 bits per heavy atom. The molecule has 0 unspecified atom stereocenters.